The van der Waals surface area contributed by atoms with E-state index in [2.05, 4.69) is 20.9 Å². The zero-order valence-corrected chi connectivity index (χ0v) is 13.3. The van der Waals surface area contributed by atoms with Gasteiger partial charge >= 0.3 is 6.18 Å². The first-order chi connectivity index (χ1) is 10.2. The minimum atomic E-state index is -4.10. The first kappa shape index (κ1) is 18.6. The fourth-order valence-corrected chi connectivity index (χ4v) is 2.49. The molecular weight excluding hydrogens is 297 g/mol. The molecule has 1 fully saturated rings. The third kappa shape index (κ3) is 6.53. The van der Waals surface area contributed by atoms with Gasteiger partial charge in [0.05, 0.1) is 12.5 Å². The summed E-state index contributed by atoms with van der Waals surface area (Å²) in [5, 5.41) is 8.68. The van der Waals surface area contributed by atoms with Crippen molar-refractivity contribution >= 4 is 11.9 Å². The van der Waals surface area contributed by atoms with Crippen molar-refractivity contribution in [2.75, 3.05) is 13.6 Å². The van der Waals surface area contributed by atoms with Crippen LogP contribution in [-0.2, 0) is 4.79 Å². The Labute approximate surface area is 129 Å². The molecule has 0 atom stereocenters. The number of rotatable bonds is 4. The summed E-state index contributed by atoms with van der Waals surface area (Å²) < 4.78 is 37.8. The highest BCUT2D eigenvalue weighted by atomic mass is 19.4. The number of aliphatic imine (C=N–C) groups is 1. The van der Waals surface area contributed by atoms with E-state index in [0.717, 1.165) is 0 Å². The first-order valence-corrected chi connectivity index (χ1v) is 7.55. The summed E-state index contributed by atoms with van der Waals surface area (Å²) in [4.78, 5) is 15.5. The Morgan fingerprint density at radius 2 is 1.82 bits per heavy atom. The van der Waals surface area contributed by atoms with E-state index in [9.17, 15) is 18.0 Å². The van der Waals surface area contributed by atoms with Crippen LogP contribution in [0.4, 0.5) is 13.2 Å². The summed E-state index contributed by atoms with van der Waals surface area (Å²) in [6, 6.07) is 0.0138. The van der Waals surface area contributed by atoms with Crippen LogP contribution in [0.25, 0.3) is 0 Å². The van der Waals surface area contributed by atoms with Crippen molar-refractivity contribution in [2.45, 2.75) is 57.8 Å². The third-order valence-electron chi connectivity index (χ3n) is 3.62. The molecule has 1 aliphatic rings. The summed E-state index contributed by atoms with van der Waals surface area (Å²) in [5.41, 5.74) is 0. The second-order valence-electron chi connectivity index (χ2n) is 5.88. The number of amides is 1. The second kappa shape index (κ2) is 8.24. The molecule has 22 heavy (non-hydrogen) atoms. The molecule has 0 unspecified atom stereocenters. The number of nitrogens with one attached hydrogen (secondary N) is 3. The smallest absolute Gasteiger partial charge is 0.354 e. The van der Waals surface area contributed by atoms with E-state index < -0.39 is 12.1 Å². The molecule has 0 heterocycles. The van der Waals surface area contributed by atoms with Crippen molar-refractivity contribution in [1.29, 1.82) is 0 Å². The summed E-state index contributed by atoms with van der Waals surface area (Å²) in [5.74, 6) is -0.912. The van der Waals surface area contributed by atoms with E-state index in [1.165, 1.54) is 0 Å². The molecule has 0 spiro atoms. The molecule has 0 saturated heterocycles. The fraction of sp³-hybridized carbons (Fsp3) is 0.857. The van der Waals surface area contributed by atoms with Crippen molar-refractivity contribution in [3.8, 4) is 0 Å². The maximum Gasteiger partial charge on any atom is 0.391 e. The topological polar surface area (TPSA) is 65.5 Å². The van der Waals surface area contributed by atoms with Gasteiger partial charge in [0.25, 0.3) is 0 Å². The minimum Gasteiger partial charge on any atom is -0.354 e. The van der Waals surface area contributed by atoms with Crippen molar-refractivity contribution in [2.24, 2.45) is 10.9 Å². The average molecular weight is 322 g/mol. The van der Waals surface area contributed by atoms with Crippen LogP contribution in [0.1, 0.15) is 39.5 Å². The summed E-state index contributed by atoms with van der Waals surface area (Å²) >= 11 is 0. The number of carbonyl (C=O) groups excluding carboxylic acids is 1. The Balaban J connectivity index is 2.35. The lowest BCUT2D eigenvalue weighted by Gasteiger charge is -2.31. The van der Waals surface area contributed by atoms with Crippen LogP contribution in [0.15, 0.2) is 4.99 Å². The minimum absolute atomic E-state index is 0.0436. The summed E-state index contributed by atoms with van der Waals surface area (Å²) in [6.07, 6.45) is -2.94. The molecule has 1 rings (SSSR count). The van der Waals surface area contributed by atoms with E-state index in [1.807, 2.05) is 13.8 Å². The number of alkyl halides is 3. The summed E-state index contributed by atoms with van der Waals surface area (Å²) in [6.45, 7) is 3.81. The molecule has 5 nitrogen and oxygen atoms in total. The lowest BCUT2D eigenvalue weighted by molar-refractivity contribution is -0.182. The Morgan fingerprint density at radius 1 is 1.23 bits per heavy atom. The Morgan fingerprint density at radius 3 is 2.27 bits per heavy atom. The van der Waals surface area contributed by atoms with Crippen molar-refractivity contribution in [3.05, 3.63) is 0 Å². The standard InChI is InChI=1S/C14H25F3N4O/c1-9(2)20-12(22)8-19-13(18-3)21-11-6-4-10(5-7-11)14(15,16)17/h9-11H,4-8H2,1-3H3,(H,20,22)(H2,18,19,21). The lowest BCUT2D eigenvalue weighted by Crippen LogP contribution is -2.48. The normalized spacial score (nSPS) is 23.3. The molecule has 0 aromatic heterocycles. The van der Waals surface area contributed by atoms with Crippen LogP contribution < -0.4 is 16.0 Å². The zero-order valence-electron chi connectivity index (χ0n) is 13.3. The highest BCUT2D eigenvalue weighted by Crippen LogP contribution is 2.37. The first-order valence-electron chi connectivity index (χ1n) is 7.55. The highest BCUT2D eigenvalue weighted by molar-refractivity contribution is 5.86. The van der Waals surface area contributed by atoms with E-state index in [4.69, 9.17) is 0 Å². The van der Waals surface area contributed by atoms with Gasteiger partial charge in [-0.25, -0.2) is 0 Å². The molecule has 0 aromatic rings. The van der Waals surface area contributed by atoms with Crippen LogP contribution in [0, 0.1) is 5.92 Å². The number of hydrogen-bond acceptors (Lipinski definition) is 2. The molecular formula is C14H25F3N4O. The van der Waals surface area contributed by atoms with Gasteiger partial charge in [-0.15, -0.1) is 0 Å². The predicted molar refractivity (Wildman–Crippen MR) is 79.6 cm³/mol. The van der Waals surface area contributed by atoms with E-state index in [1.54, 1.807) is 7.05 Å². The molecule has 1 aliphatic carbocycles. The van der Waals surface area contributed by atoms with Gasteiger partial charge in [-0.1, -0.05) is 0 Å². The van der Waals surface area contributed by atoms with Crippen LogP contribution in [0.5, 0.6) is 0 Å². The van der Waals surface area contributed by atoms with Crippen molar-refractivity contribution in [1.82, 2.24) is 16.0 Å². The third-order valence-corrected chi connectivity index (χ3v) is 3.62. The number of guanidine groups is 1. The summed E-state index contributed by atoms with van der Waals surface area (Å²) in [7, 11) is 1.57. The monoisotopic (exact) mass is 322 g/mol. The number of carbonyl (C=O) groups is 1. The largest absolute Gasteiger partial charge is 0.391 e. The molecule has 1 amide bonds. The molecule has 3 N–H and O–H groups in total. The predicted octanol–water partition coefficient (Wildman–Crippen LogP) is 1.80. The molecule has 128 valence electrons. The van der Waals surface area contributed by atoms with Crippen LogP contribution in [-0.4, -0.2) is 43.7 Å². The van der Waals surface area contributed by atoms with Gasteiger partial charge in [-0.3, -0.25) is 9.79 Å². The molecule has 1 saturated carbocycles. The van der Waals surface area contributed by atoms with E-state index in [0.29, 0.717) is 18.8 Å². The average Bonchev–Trinajstić information content (AvgIpc) is 2.42. The van der Waals surface area contributed by atoms with Crippen LogP contribution >= 0.6 is 0 Å². The van der Waals surface area contributed by atoms with Gasteiger partial charge in [-0.2, -0.15) is 13.2 Å². The van der Waals surface area contributed by atoms with Gasteiger partial charge < -0.3 is 16.0 Å². The number of nitrogens with zero attached hydrogens (tertiary/aromatic N) is 1. The van der Waals surface area contributed by atoms with Gasteiger partial charge in [0.15, 0.2) is 5.96 Å². The maximum absolute atomic E-state index is 12.6. The Kier molecular flexibility index (Phi) is 6.96. The lowest BCUT2D eigenvalue weighted by atomic mass is 9.85. The second-order valence-corrected chi connectivity index (χ2v) is 5.88. The molecule has 8 heteroatoms. The van der Waals surface area contributed by atoms with Gasteiger partial charge in [0.1, 0.15) is 0 Å². The van der Waals surface area contributed by atoms with E-state index >= 15 is 0 Å². The number of halogens is 3. The maximum atomic E-state index is 12.6. The quantitative estimate of drug-likeness (QED) is 0.546. The Hall–Kier alpha value is -1.47. The SMILES string of the molecule is CN=C(NCC(=O)NC(C)C)NC1CCC(C(F)(F)F)CC1. The molecule has 0 aliphatic heterocycles. The van der Waals surface area contributed by atoms with Crippen molar-refractivity contribution in [3.63, 3.8) is 0 Å². The zero-order chi connectivity index (χ0) is 16.8. The fourth-order valence-electron chi connectivity index (χ4n) is 2.49. The van der Waals surface area contributed by atoms with E-state index in [-0.39, 0.29) is 37.4 Å². The molecule has 0 aromatic carbocycles. The number of hydrogen-bond donors (Lipinski definition) is 3. The Bertz CT molecular complexity index is 388. The van der Waals surface area contributed by atoms with Gasteiger partial charge in [0.2, 0.25) is 5.91 Å². The van der Waals surface area contributed by atoms with Gasteiger partial charge in [0, 0.05) is 19.1 Å². The van der Waals surface area contributed by atoms with Crippen LogP contribution in [0.2, 0.25) is 0 Å². The highest BCUT2D eigenvalue weighted by Gasteiger charge is 2.41. The molecule has 0 bridgehead atoms. The van der Waals surface area contributed by atoms with Crippen molar-refractivity contribution < 1.29 is 18.0 Å². The van der Waals surface area contributed by atoms with Gasteiger partial charge in [-0.05, 0) is 39.5 Å². The molecule has 0 radical (unpaired) electrons. The van der Waals surface area contributed by atoms with Crippen LogP contribution in [0.3, 0.4) is 0 Å².